The van der Waals surface area contributed by atoms with Gasteiger partial charge in [-0.3, -0.25) is 4.79 Å². The Hall–Kier alpha value is -1.35. The zero-order valence-electron chi connectivity index (χ0n) is 12.5. The highest BCUT2D eigenvalue weighted by molar-refractivity contribution is 7.14. The summed E-state index contributed by atoms with van der Waals surface area (Å²) in [5, 5.41) is 8.71. The van der Waals surface area contributed by atoms with Crippen LogP contribution in [-0.2, 0) is 4.74 Å². The summed E-state index contributed by atoms with van der Waals surface area (Å²) in [7, 11) is 1.70. The zero-order chi connectivity index (χ0) is 15.3. The molecule has 1 N–H and O–H groups in total. The fourth-order valence-electron chi connectivity index (χ4n) is 2.43. The number of hydrogen-bond acceptors (Lipinski definition) is 4. The van der Waals surface area contributed by atoms with Crippen LogP contribution in [0.1, 0.15) is 40.7 Å². The van der Waals surface area contributed by atoms with Gasteiger partial charge < -0.3 is 14.7 Å². The first-order valence-corrected chi connectivity index (χ1v) is 7.93. The number of aliphatic hydroxyl groups excluding tert-OH is 1. The number of amides is 1. The molecule has 1 atom stereocenters. The molecule has 0 aromatic carbocycles. The standard InChI is InChI=1S/C16H21NO3S/c1-16(20-2)9-5-10-17(12-16)15(19)14-8-7-13(21-14)6-3-4-11-18/h7-8,18H,4-5,9-12H2,1-2H3. The number of methoxy groups -OCH3 is 1. The van der Waals surface area contributed by atoms with E-state index in [2.05, 4.69) is 11.8 Å². The highest BCUT2D eigenvalue weighted by Gasteiger charge is 2.33. The molecule has 0 bridgehead atoms. The second kappa shape index (κ2) is 7.08. The lowest BCUT2D eigenvalue weighted by Crippen LogP contribution is -2.49. The van der Waals surface area contributed by atoms with Crippen LogP contribution in [-0.4, -0.2) is 48.3 Å². The van der Waals surface area contributed by atoms with Crippen molar-refractivity contribution >= 4 is 17.2 Å². The lowest BCUT2D eigenvalue weighted by Gasteiger charge is -2.39. The van der Waals surface area contributed by atoms with E-state index in [1.165, 1.54) is 11.3 Å². The van der Waals surface area contributed by atoms with Crippen LogP contribution < -0.4 is 0 Å². The summed E-state index contributed by atoms with van der Waals surface area (Å²) in [4.78, 5) is 16.0. The van der Waals surface area contributed by atoms with Crippen molar-refractivity contribution in [1.29, 1.82) is 0 Å². The summed E-state index contributed by atoms with van der Waals surface area (Å²) in [6.07, 6.45) is 2.40. The van der Waals surface area contributed by atoms with Gasteiger partial charge in [0, 0.05) is 26.6 Å². The first-order chi connectivity index (χ1) is 10.1. The van der Waals surface area contributed by atoms with E-state index in [1.54, 1.807) is 7.11 Å². The summed E-state index contributed by atoms with van der Waals surface area (Å²) in [5.74, 6) is 5.89. The van der Waals surface area contributed by atoms with Crippen molar-refractivity contribution < 1.29 is 14.6 Å². The molecule has 0 aliphatic carbocycles. The molecule has 0 saturated carbocycles. The molecule has 1 aromatic rings. The smallest absolute Gasteiger partial charge is 0.264 e. The summed E-state index contributed by atoms with van der Waals surface area (Å²) < 4.78 is 5.53. The molecule has 1 aliphatic rings. The van der Waals surface area contributed by atoms with Crippen LogP contribution in [0.25, 0.3) is 0 Å². The largest absolute Gasteiger partial charge is 0.395 e. The molecular formula is C16H21NO3S. The van der Waals surface area contributed by atoms with Gasteiger partial charge in [-0.15, -0.1) is 11.3 Å². The molecule has 0 radical (unpaired) electrons. The number of carbonyl (C=O) groups is 1. The van der Waals surface area contributed by atoms with Crippen LogP contribution in [0.15, 0.2) is 12.1 Å². The Morgan fingerprint density at radius 2 is 2.38 bits per heavy atom. The lowest BCUT2D eigenvalue weighted by atomic mass is 9.94. The number of piperidine rings is 1. The molecule has 1 unspecified atom stereocenters. The Kier molecular flexibility index (Phi) is 5.40. The molecule has 1 aromatic heterocycles. The molecule has 1 aliphatic heterocycles. The van der Waals surface area contributed by atoms with Gasteiger partial charge in [0.2, 0.25) is 0 Å². The molecule has 114 valence electrons. The normalized spacial score (nSPS) is 21.8. The van der Waals surface area contributed by atoms with Gasteiger partial charge in [-0.1, -0.05) is 11.8 Å². The Labute approximate surface area is 129 Å². The third kappa shape index (κ3) is 4.07. The number of aliphatic hydroxyl groups is 1. The highest BCUT2D eigenvalue weighted by Crippen LogP contribution is 2.26. The number of hydrogen-bond donors (Lipinski definition) is 1. The second-order valence-corrected chi connectivity index (χ2v) is 6.51. The summed E-state index contributed by atoms with van der Waals surface area (Å²) in [5.41, 5.74) is -0.241. The number of likely N-dealkylation sites (tertiary alicyclic amines) is 1. The topological polar surface area (TPSA) is 49.8 Å². The van der Waals surface area contributed by atoms with E-state index >= 15 is 0 Å². The number of ether oxygens (including phenoxy) is 1. The average molecular weight is 307 g/mol. The molecule has 1 fully saturated rings. The molecule has 21 heavy (non-hydrogen) atoms. The lowest BCUT2D eigenvalue weighted by molar-refractivity contribution is -0.0439. The van der Waals surface area contributed by atoms with E-state index < -0.39 is 0 Å². The minimum atomic E-state index is -0.241. The maximum atomic E-state index is 12.5. The molecule has 1 amide bonds. The van der Waals surface area contributed by atoms with Crippen LogP contribution in [0.5, 0.6) is 0 Å². The third-order valence-corrected chi connectivity index (χ3v) is 4.69. The number of carbonyl (C=O) groups excluding carboxylic acids is 1. The quantitative estimate of drug-likeness (QED) is 0.870. The number of rotatable bonds is 3. The molecule has 2 heterocycles. The van der Waals surface area contributed by atoms with E-state index in [9.17, 15) is 4.79 Å². The summed E-state index contributed by atoms with van der Waals surface area (Å²) >= 11 is 1.41. The molecule has 2 rings (SSSR count). The van der Waals surface area contributed by atoms with Gasteiger partial charge in [0.1, 0.15) is 0 Å². The molecule has 4 nitrogen and oxygen atoms in total. The SMILES string of the molecule is COC1(C)CCCN(C(=O)c2ccc(C#CCCO)s2)C1. The minimum Gasteiger partial charge on any atom is -0.395 e. The van der Waals surface area contributed by atoms with Gasteiger partial charge in [0.25, 0.3) is 5.91 Å². The van der Waals surface area contributed by atoms with Crippen molar-refractivity contribution in [3.8, 4) is 11.8 Å². The van der Waals surface area contributed by atoms with Crippen LogP contribution in [0.4, 0.5) is 0 Å². The van der Waals surface area contributed by atoms with Gasteiger partial charge in [-0.2, -0.15) is 0 Å². The fraction of sp³-hybridized carbons (Fsp3) is 0.562. The Balaban J connectivity index is 2.05. The van der Waals surface area contributed by atoms with E-state index in [1.807, 2.05) is 24.0 Å². The number of nitrogens with zero attached hydrogens (tertiary/aromatic N) is 1. The number of thiophene rings is 1. The molecule has 0 spiro atoms. The average Bonchev–Trinajstić information content (AvgIpc) is 2.96. The molecular weight excluding hydrogens is 286 g/mol. The second-order valence-electron chi connectivity index (χ2n) is 5.42. The van der Waals surface area contributed by atoms with Crippen LogP contribution in [0.3, 0.4) is 0 Å². The Bertz CT molecular complexity index is 557. The zero-order valence-corrected chi connectivity index (χ0v) is 13.3. The van der Waals surface area contributed by atoms with Crippen LogP contribution in [0.2, 0.25) is 0 Å². The Morgan fingerprint density at radius 1 is 1.57 bits per heavy atom. The first kappa shape index (κ1) is 16.0. The van der Waals surface area contributed by atoms with Crippen molar-refractivity contribution in [2.75, 3.05) is 26.8 Å². The van der Waals surface area contributed by atoms with E-state index in [0.717, 1.165) is 24.3 Å². The van der Waals surface area contributed by atoms with Gasteiger partial charge in [0.15, 0.2) is 0 Å². The van der Waals surface area contributed by atoms with Crippen LogP contribution >= 0.6 is 11.3 Å². The van der Waals surface area contributed by atoms with Gasteiger partial charge in [0.05, 0.1) is 22.0 Å². The van der Waals surface area contributed by atoms with Crippen molar-refractivity contribution in [2.45, 2.75) is 31.8 Å². The highest BCUT2D eigenvalue weighted by atomic mass is 32.1. The molecule has 1 saturated heterocycles. The maximum Gasteiger partial charge on any atom is 0.264 e. The van der Waals surface area contributed by atoms with Gasteiger partial charge in [-0.25, -0.2) is 0 Å². The monoisotopic (exact) mass is 307 g/mol. The summed E-state index contributed by atoms with van der Waals surface area (Å²) in [6.45, 7) is 3.52. The Morgan fingerprint density at radius 3 is 3.10 bits per heavy atom. The van der Waals surface area contributed by atoms with Gasteiger partial charge >= 0.3 is 0 Å². The van der Waals surface area contributed by atoms with E-state index in [-0.39, 0.29) is 18.1 Å². The van der Waals surface area contributed by atoms with Crippen LogP contribution in [0, 0.1) is 11.8 Å². The van der Waals surface area contributed by atoms with Crippen molar-refractivity contribution in [2.24, 2.45) is 0 Å². The van der Waals surface area contributed by atoms with E-state index in [0.29, 0.717) is 17.8 Å². The predicted octanol–water partition coefficient (Wildman–Crippen LogP) is 2.12. The minimum absolute atomic E-state index is 0.0539. The first-order valence-electron chi connectivity index (χ1n) is 7.12. The van der Waals surface area contributed by atoms with Crippen molar-refractivity contribution in [3.05, 3.63) is 21.9 Å². The maximum absolute atomic E-state index is 12.5. The third-order valence-electron chi connectivity index (χ3n) is 3.70. The van der Waals surface area contributed by atoms with E-state index in [4.69, 9.17) is 9.84 Å². The fourth-order valence-corrected chi connectivity index (χ4v) is 3.28. The van der Waals surface area contributed by atoms with Gasteiger partial charge in [-0.05, 0) is 31.9 Å². The predicted molar refractivity (Wildman–Crippen MR) is 83.5 cm³/mol. The van der Waals surface area contributed by atoms with Crippen molar-refractivity contribution in [3.63, 3.8) is 0 Å². The molecule has 5 heteroatoms. The van der Waals surface area contributed by atoms with Crippen molar-refractivity contribution in [1.82, 2.24) is 4.90 Å². The summed E-state index contributed by atoms with van der Waals surface area (Å²) in [6, 6.07) is 3.69.